The van der Waals surface area contributed by atoms with Gasteiger partial charge in [0.25, 0.3) is 0 Å². The van der Waals surface area contributed by atoms with Gasteiger partial charge in [0.05, 0.1) is 13.0 Å². The highest BCUT2D eigenvalue weighted by atomic mass is 79.9. The van der Waals surface area contributed by atoms with Crippen molar-refractivity contribution in [2.24, 2.45) is 0 Å². The van der Waals surface area contributed by atoms with E-state index in [1.165, 1.54) is 0 Å². The van der Waals surface area contributed by atoms with E-state index in [1.807, 2.05) is 24.3 Å². The average molecular weight is 351 g/mol. The van der Waals surface area contributed by atoms with E-state index >= 15 is 0 Å². The topological polar surface area (TPSA) is 43.4 Å². The van der Waals surface area contributed by atoms with E-state index in [2.05, 4.69) is 22.9 Å². The molecule has 4 heteroatoms. The van der Waals surface area contributed by atoms with E-state index < -0.39 is 5.41 Å². The van der Waals surface area contributed by atoms with E-state index in [4.69, 9.17) is 4.74 Å². The zero-order chi connectivity index (χ0) is 15.5. The maximum atomic E-state index is 12.1. The number of ether oxygens (including phenoxy) is 1. The number of hydrogen-bond donors (Lipinski definition) is 0. The molecule has 1 aromatic carbocycles. The number of hydrogen-bond acceptors (Lipinski definition) is 3. The van der Waals surface area contributed by atoms with Crippen LogP contribution in [-0.4, -0.2) is 18.4 Å². The number of ketones is 1. The fourth-order valence-corrected chi connectivity index (χ4v) is 3.30. The number of benzene rings is 1. The fourth-order valence-electron chi connectivity index (χ4n) is 2.93. The molecule has 0 radical (unpaired) electrons. The Kier molecular flexibility index (Phi) is 4.99. The monoisotopic (exact) mass is 350 g/mol. The molecule has 0 fully saturated rings. The number of allylic oxidation sites excluding steroid dienone is 2. The molecule has 0 N–H and O–H groups in total. The van der Waals surface area contributed by atoms with E-state index in [1.54, 1.807) is 13.0 Å². The first-order valence-electron chi connectivity index (χ1n) is 7.21. The first-order valence-corrected chi connectivity index (χ1v) is 8.01. The molecule has 0 saturated heterocycles. The lowest BCUT2D eigenvalue weighted by molar-refractivity contribution is -0.144. The van der Waals surface area contributed by atoms with Gasteiger partial charge in [-0.1, -0.05) is 35.4 Å². The number of halogens is 1. The molecule has 112 valence electrons. The van der Waals surface area contributed by atoms with Crippen LogP contribution in [0.25, 0.3) is 0 Å². The van der Waals surface area contributed by atoms with Crippen LogP contribution in [-0.2, 0) is 14.9 Å². The Morgan fingerprint density at radius 2 is 2.10 bits per heavy atom. The van der Waals surface area contributed by atoms with Gasteiger partial charge in [-0.3, -0.25) is 9.59 Å². The molecule has 3 nitrogen and oxygen atoms in total. The van der Waals surface area contributed by atoms with Gasteiger partial charge in [-0.15, -0.1) is 0 Å². The number of carbonyl (C=O) groups is 2. The third-order valence-electron chi connectivity index (χ3n) is 3.80. The molecule has 0 saturated carbocycles. The van der Waals surface area contributed by atoms with Crippen LogP contribution in [0.15, 0.2) is 34.8 Å². The summed E-state index contributed by atoms with van der Waals surface area (Å²) in [6.07, 6.45) is 5.46. The van der Waals surface area contributed by atoms with Crippen LogP contribution >= 0.6 is 15.9 Å². The van der Waals surface area contributed by atoms with Gasteiger partial charge >= 0.3 is 5.97 Å². The Morgan fingerprint density at radius 1 is 1.33 bits per heavy atom. The van der Waals surface area contributed by atoms with E-state index in [0.717, 1.165) is 22.9 Å². The molecule has 0 aliphatic heterocycles. The van der Waals surface area contributed by atoms with Gasteiger partial charge < -0.3 is 4.74 Å². The minimum atomic E-state index is -0.450. The highest BCUT2D eigenvalue weighted by Gasteiger charge is 2.37. The predicted molar refractivity (Wildman–Crippen MR) is 85.4 cm³/mol. The summed E-state index contributed by atoms with van der Waals surface area (Å²) >= 11 is 3.46. The Morgan fingerprint density at radius 3 is 2.76 bits per heavy atom. The summed E-state index contributed by atoms with van der Waals surface area (Å²) in [5.41, 5.74) is 1.14. The molecule has 2 rings (SSSR count). The van der Waals surface area contributed by atoms with Gasteiger partial charge in [0.1, 0.15) is 0 Å². The maximum Gasteiger partial charge on any atom is 0.306 e. The predicted octanol–water partition coefficient (Wildman–Crippen LogP) is 4.19. The Hall–Kier alpha value is -1.42. The molecule has 0 unspecified atom stereocenters. The van der Waals surface area contributed by atoms with Crippen LogP contribution in [0.3, 0.4) is 0 Å². The molecular weight excluding hydrogens is 332 g/mol. The van der Waals surface area contributed by atoms with E-state index in [9.17, 15) is 9.59 Å². The first kappa shape index (κ1) is 16.0. The van der Waals surface area contributed by atoms with E-state index in [0.29, 0.717) is 12.2 Å². The maximum absolute atomic E-state index is 12.1. The van der Waals surface area contributed by atoms with Crippen LogP contribution in [0.4, 0.5) is 0 Å². The Bertz CT molecular complexity index is 592. The zero-order valence-corrected chi connectivity index (χ0v) is 13.9. The summed E-state index contributed by atoms with van der Waals surface area (Å²) in [7, 11) is 0. The number of fused-ring (bicyclic) bond motifs is 1. The van der Waals surface area contributed by atoms with Crippen molar-refractivity contribution >= 4 is 27.7 Å². The lowest BCUT2D eigenvalue weighted by Crippen LogP contribution is -2.32. The standard InChI is InChI=1S/C17H19BrO3/c1-3-8-17(11-16(20)21-4-2)9-7-15(19)13-6-5-12(18)10-14(13)17/h5-7,9-10H,3-4,8,11H2,1-2H3/t17-/m0/s1. The normalized spacial score (nSPS) is 20.2. The van der Waals surface area contributed by atoms with Gasteiger partial charge in [-0.2, -0.15) is 0 Å². The second-order valence-electron chi connectivity index (χ2n) is 5.28. The van der Waals surface area contributed by atoms with Crippen molar-refractivity contribution in [3.8, 4) is 0 Å². The first-order chi connectivity index (χ1) is 10.0. The molecule has 1 atom stereocenters. The smallest absolute Gasteiger partial charge is 0.306 e. The molecule has 1 aromatic rings. The molecule has 0 amide bonds. The summed E-state index contributed by atoms with van der Waals surface area (Å²) in [6, 6.07) is 5.63. The number of esters is 1. The molecular formula is C17H19BrO3. The van der Waals surface area contributed by atoms with Crippen LogP contribution in [0.2, 0.25) is 0 Å². The molecule has 0 aromatic heterocycles. The number of rotatable bonds is 5. The summed E-state index contributed by atoms with van der Waals surface area (Å²) in [5, 5.41) is 0. The highest BCUT2D eigenvalue weighted by molar-refractivity contribution is 9.10. The lowest BCUT2D eigenvalue weighted by atomic mass is 9.69. The van der Waals surface area contributed by atoms with Crippen LogP contribution in [0.1, 0.15) is 49.0 Å². The van der Waals surface area contributed by atoms with Crippen LogP contribution in [0.5, 0.6) is 0 Å². The van der Waals surface area contributed by atoms with Crippen LogP contribution in [0, 0.1) is 0 Å². The summed E-state index contributed by atoms with van der Waals surface area (Å²) in [6.45, 7) is 4.25. The summed E-state index contributed by atoms with van der Waals surface area (Å²) < 4.78 is 6.03. The van der Waals surface area contributed by atoms with Gasteiger partial charge in [-0.05, 0) is 43.2 Å². The molecule has 1 aliphatic carbocycles. The molecule has 0 spiro atoms. The fraction of sp³-hybridized carbons (Fsp3) is 0.412. The third kappa shape index (κ3) is 3.26. The van der Waals surface area contributed by atoms with Crippen molar-refractivity contribution in [2.75, 3.05) is 6.61 Å². The minimum absolute atomic E-state index is 0.00640. The van der Waals surface area contributed by atoms with Gasteiger partial charge in [-0.25, -0.2) is 0 Å². The second kappa shape index (κ2) is 6.56. The number of carbonyl (C=O) groups excluding carboxylic acids is 2. The van der Waals surface area contributed by atoms with Gasteiger partial charge in [0, 0.05) is 15.5 Å². The SMILES string of the molecule is CCC[C@@]1(CC(=O)OCC)C=CC(=O)c2ccc(Br)cc21. The quantitative estimate of drug-likeness (QED) is 0.747. The van der Waals surface area contributed by atoms with Gasteiger partial charge in [0.15, 0.2) is 5.78 Å². The van der Waals surface area contributed by atoms with Crippen molar-refractivity contribution in [3.63, 3.8) is 0 Å². The van der Waals surface area contributed by atoms with Gasteiger partial charge in [0.2, 0.25) is 0 Å². The lowest BCUT2D eigenvalue weighted by Gasteiger charge is -2.34. The average Bonchev–Trinajstić information content (AvgIpc) is 2.44. The molecule has 1 aliphatic rings. The van der Waals surface area contributed by atoms with E-state index in [-0.39, 0.29) is 18.2 Å². The minimum Gasteiger partial charge on any atom is -0.466 e. The van der Waals surface area contributed by atoms with Crippen molar-refractivity contribution < 1.29 is 14.3 Å². The largest absolute Gasteiger partial charge is 0.466 e. The highest BCUT2D eigenvalue weighted by Crippen LogP contribution is 2.41. The zero-order valence-electron chi connectivity index (χ0n) is 12.3. The molecule has 0 heterocycles. The third-order valence-corrected chi connectivity index (χ3v) is 4.29. The Balaban J connectivity index is 2.50. The molecule has 21 heavy (non-hydrogen) atoms. The van der Waals surface area contributed by atoms with Crippen LogP contribution < -0.4 is 0 Å². The van der Waals surface area contributed by atoms with Crippen molar-refractivity contribution in [3.05, 3.63) is 46.0 Å². The molecule has 0 bridgehead atoms. The summed E-state index contributed by atoms with van der Waals surface area (Å²) in [4.78, 5) is 24.1. The second-order valence-corrected chi connectivity index (χ2v) is 6.19. The summed E-state index contributed by atoms with van der Waals surface area (Å²) in [5.74, 6) is -0.232. The van der Waals surface area contributed by atoms with Crippen molar-refractivity contribution in [1.82, 2.24) is 0 Å². The van der Waals surface area contributed by atoms with Crippen molar-refractivity contribution in [1.29, 1.82) is 0 Å². The Labute approximate surface area is 133 Å². The van der Waals surface area contributed by atoms with Crippen molar-refractivity contribution in [2.45, 2.75) is 38.5 Å².